The van der Waals surface area contributed by atoms with E-state index in [1.807, 2.05) is 0 Å². The molecular weight excluding hydrogens is 354 g/mol. The fraction of sp³-hybridized carbons (Fsp3) is 0.600. The van der Waals surface area contributed by atoms with Crippen LogP contribution in [0.1, 0.15) is 20.8 Å². The van der Waals surface area contributed by atoms with Gasteiger partial charge in [0.1, 0.15) is 12.2 Å². The standard InChI is InChI=1S/C15H22BrNO5/c1-15(2,3)22-14(19)11-21-9-8-20-7-6-17-5-4-12(16)10-13(17)18/h4-5,10H,6-9,11H2,1-3H3. The third kappa shape index (κ3) is 8.31. The lowest BCUT2D eigenvalue weighted by Crippen LogP contribution is -2.27. The molecule has 1 rings (SSSR count). The molecule has 124 valence electrons. The van der Waals surface area contributed by atoms with Crippen LogP contribution in [0.4, 0.5) is 0 Å². The topological polar surface area (TPSA) is 66.8 Å². The van der Waals surface area contributed by atoms with Crippen LogP contribution < -0.4 is 5.56 Å². The molecule has 0 amide bonds. The maximum atomic E-state index is 11.6. The van der Waals surface area contributed by atoms with Crippen molar-refractivity contribution < 1.29 is 19.0 Å². The average molecular weight is 376 g/mol. The summed E-state index contributed by atoms with van der Waals surface area (Å²) in [5, 5.41) is 0. The van der Waals surface area contributed by atoms with Crippen molar-refractivity contribution in [3.8, 4) is 0 Å². The van der Waals surface area contributed by atoms with E-state index in [1.165, 1.54) is 6.07 Å². The van der Waals surface area contributed by atoms with E-state index in [4.69, 9.17) is 14.2 Å². The first kappa shape index (κ1) is 18.9. The van der Waals surface area contributed by atoms with Crippen LogP contribution in [0.5, 0.6) is 0 Å². The second kappa shape index (κ2) is 9.07. The van der Waals surface area contributed by atoms with Crippen molar-refractivity contribution in [2.24, 2.45) is 0 Å². The Balaban J connectivity index is 2.09. The highest BCUT2D eigenvalue weighted by molar-refractivity contribution is 9.10. The number of hydrogen-bond donors (Lipinski definition) is 0. The van der Waals surface area contributed by atoms with Gasteiger partial charge < -0.3 is 18.8 Å². The number of carbonyl (C=O) groups excluding carboxylic acids is 1. The summed E-state index contributed by atoms with van der Waals surface area (Å²) in [6, 6.07) is 3.30. The molecule has 0 fully saturated rings. The number of ether oxygens (including phenoxy) is 3. The molecule has 0 aliphatic heterocycles. The molecule has 0 unspecified atom stereocenters. The molecule has 0 aliphatic rings. The summed E-state index contributed by atoms with van der Waals surface area (Å²) in [7, 11) is 0. The zero-order valence-electron chi connectivity index (χ0n) is 13.1. The van der Waals surface area contributed by atoms with E-state index in [2.05, 4.69) is 15.9 Å². The molecule has 0 saturated heterocycles. The number of rotatable bonds is 8. The summed E-state index contributed by atoms with van der Waals surface area (Å²) in [5.41, 5.74) is -0.589. The first-order valence-corrected chi connectivity index (χ1v) is 7.80. The highest BCUT2D eigenvalue weighted by Crippen LogP contribution is 2.06. The predicted octanol–water partition coefficient (Wildman–Crippen LogP) is 1.99. The minimum Gasteiger partial charge on any atom is -0.458 e. The minimum atomic E-state index is -0.505. The smallest absolute Gasteiger partial charge is 0.332 e. The summed E-state index contributed by atoms with van der Waals surface area (Å²) in [6.45, 7) is 6.85. The van der Waals surface area contributed by atoms with Gasteiger partial charge in [-0.1, -0.05) is 15.9 Å². The van der Waals surface area contributed by atoms with Gasteiger partial charge in [-0.2, -0.15) is 0 Å². The summed E-state index contributed by atoms with van der Waals surface area (Å²) in [5.74, 6) is -0.395. The molecule has 0 aromatic carbocycles. The monoisotopic (exact) mass is 375 g/mol. The summed E-state index contributed by atoms with van der Waals surface area (Å²) >= 11 is 3.24. The predicted molar refractivity (Wildman–Crippen MR) is 85.9 cm³/mol. The fourth-order valence-corrected chi connectivity index (χ4v) is 1.89. The van der Waals surface area contributed by atoms with Crippen molar-refractivity contribution in [1.29, 1.82) is 0 Å². The van der Waals surface area contributed by atoms with Gasteiger partial charge in [0.05, 0.1) is 19.8 Å². The van der Waals surface area contributed by atoms with Gasteiger partial charge in [0.2, 0.25) is 0 Å². The number of hydrogen-bond acceptors (Lipinski definition) is 5. The zero-order chi connectivity index (χ0) is 16.6. The van der Waals surface area contributed by atoms with Crippen molar-refractivity contribution in [1.82, 2.24) is 4.57 Å². The van der Waals surface area contributed by atoms with Gasteiger partial charge in [0.15, 0.2) is 0 Å². The molecule has 0 bridgehead atoms. The third-order valence-corrected chi connectivity index (χ3v) is 2.94. The first-order chi connectivity index (χ1) is 10.3. The maximum Gasteiger partial charge on any atom is 0.332 e. The number of esters is 1. The van der Waals surface area contributed by atoms with E-state index in [-0.39, 0.29) is 12.2 Å². The molecule has 0 radical (unpaired) electrons. The molecule has 6 nitrogen and oxygen atoms in total. The van der Waals surface area contributed by atoms with E-state index >= 15 is 0 Å². The number of pyridine rings is 1. The van der Waals surface area contributed by atoms with Crippen LogP contribution in [-0.2, 0) is 25.5 Å². The summed E-state index contributed by atoms with van der Waals surface area (Å²) < 4.78 is 17.9. The van der Waals surface area contributed by atoms with Crippen molar-refractivity contribution in [3.05, 3.63) is 33.2 Å². The van der Waals surface area contributed by atoms with E-state index < -0.39 is 11.6 Å². The molecule has 22 heavy (non-hydrogen) atoms. The van der Waals surface area contributed by atoms with Gasteiger partial charge in [-0.15, -0.1) is 0 Å². The molecule has 7 heteroatoms. The Bertz CT molecular complexity index is 535. The minimum absolute atomic E-state index is 0.0841. The molecule has 0 N–H and O–H groups in total. The SMILES string of the molecule is CC(C)(C)OC(=O)COCCOCCn1ccc(Br)cc1=O. The second-order valence-corrected chi connectivity index (χ2v) is 6.54. The van der Waals surface area contributed by atoms with Crippen molar-refractivity contribution in [2.45, 2.75) is 32.9 Å². The van der Waals surface area contributed by atoms with Crippen LogP contribution in [-0.4, -0.2) is 42.6 Å². The lowest BCUT2D eigenvalue weighted by atomic mass is 10.2. The van der Waals surface area contributed by atoms with Gasteiger partial charge >= 0.3 is 5.97 Å². The Morgan fingerprint density at radius 2 is 1.91 bits per heavy atom. The van der Waals surface area contributed by atoms with Crippen LogP contribution in [0.3, 0.4) is 0 Å². The van der Waals surface area contributed by atoms with Gasteiger partial charge in [0.25, 0.3) is 5.56 Å². The fourth-order valence-electron chi connectivity index (χ4n) is 1.58. The van der Waals surface area contributed by atoms with E-state index in [0.29, 0.717) is 26.4 Å². The molecule has 0 atom stereocenters. The Morgan fingerprint density at radius 3 is 2.55 bits per heavy atom. The van der Waals surface area contributed by atoms with Crippen LogP contribution in [0.2, 0.25) is 0 Å². The Kier molecular flexibility index (Phi) is 7.78. The van der Waals surface area contributed by atoms with Gasteiger partial charge in [-0.3, -0.25) is 4.79 Å². The summed E-state index contributed by atoms with van der Waals surface area (Å²) in [4.78, 5) is 23.0. The maximum absolute atomic E-state index is 11.6. The molecular formula is C15H22BrNO5. The molecule has 1 aromatic heterocycles. The first-order valence-electron chi connectivity index (χ1n) is 7.01. The van der Waals surface area contributed by atoms with Gasteiger partial charge in [-0.05, 0) is 26.8 Å². The van der Waals surface area contributed by atoms with Gasteiger partial charge in [-0.25, -0.2) is 4.79 Å². The number of nitrogens with zero attached hydrogens (tertiary/aromatic N) is 1. The van der Waals surface area contributed by atoms with Crippen molar-refractivity contribution in [3.63, 3.8) is 0 Å². The molecule has 0 saturated carbocycles. The van der Waals surface area contributed by atoms with Gasteiger partial charge in [0, 0.05) is 23.3 Å². The number of carbonyl (C=O) groups is 1. The average Bonchev–Trinajstić information content (AvgIpc) is 2.37. The number of aromatic nitrogens is 1. The molecule has 0 spiro atoms. The molecule has 0 aliphatic carbocycles. The lowest BCUT2D eigenvalue weighted by Gasteiger charge is -2.19. The highest BCUT2D eigenvalue weighted by atomic mass is 79.9. The van der Waals surface area contributed by atoms with Crippen molar-refractivity contribution >= 4 is 21.9 Å². The van der Waals surface area contributed by atoms with E-state index in [1.54, 1.807) is 37.6 Å². The highest BCUT2D eigenvalue weighted by Gasteiger charge is 2.15. The third-order valence-electron chi connectivity index (χ3n) is 2.45. The Morgan fingerprint density at radius 1 is 1.23 bits per heavy atom. The van der Waals surface area contributed by atoms with Crippen LogP contribution in [0.25, 0.3) is 0 Å². The largest absolute Gasteiger partial charge is 0.458 e. The van der Waals surface area contributed by atoms with E-state index in [9.17, 15) is 9.59 Å². The molecule has 1 aromatic rings. The van der Waals surface area contributed by atoms with E-state index in [0.717, 1.165) is 4.47 Å². The Labute approximate surface area is 138 Å². The van der Waals surface area contributed by atoms with Crippen molar-refractivity contribution in [2.75, 3.05) is 26.4 Å². The molecule has 1 heterocycles. The van der Waals surface area contributed by atoms with Crippen LogP contribution in [0, 0.1) is 0 Å². The van der Waals surface area contributed by atoms with Crippen LogP contribution in [0.15, 0.2) is 27.6 Å². The lowest BCUT2D eigenvalue weighted by molar-refractivity contribution is -0.160. The van der Waals surface area contributed by atoms with Crippen LogP contribution >= 0.6 is 15.9 Å². The normalized spacial score (nSPS) is 11.5. The zero-order valence-corrected chi connectivity index (χ0v) is 14.7. The Hall–Kier alpha value is -1.18. The second-order valence-electron chi connectivity index (χ2n) is 5.63. The number of halogens is 1. The summed E-state index contributed by atoms with van der Waals surface area (Å²) in [6.07, 6.45) is 1.70. The quantitative estimate of drug-likeness (QED) is 0.513.